The van der Waals surface area contributed by atoms with Crippen LogP contribution in [0, 0.1) is 12.7 Å². The predicted molar refractivity (Wildman–Crippen MR) is 92.7 cm³/mol. The molecule has 0 bridgehead atoms. The molecule has 0 unspecified atom stereocenters. The number of hydrogen-bond donors (Lipinski definition) is 1. The molecule has 134 valence electrons. The third-order valence-electron chi connectivity index (χ3n) is 4.54. The van der Waals surface area contributed by atoms with E-state index in [1.54, 1.807) is 25.1 Å². The Morgan fingerprint density at radius 3 is 2.72 bits per heavy atom. The molecule has 1 aliphatic heterocycles. The summed E-state index contributed by atoms with van der Waals surface area (Å²) < 4.78 is 18.4. The number of aryl methyl sites for hydroxylation is 1. The van der Waals surface area contributed by atoms with Crippen LogP contribution in [-0.4, -0.2) is 53.6 Å². The van der Waals surface area contributed by atoms with E-state index in [-0.39, 0.29) is 17.8 Å². The number of hydrogen-bond acceptors (Lipinski definition) is 5. The van der Waals surface area contributed by atoms with Gasteiger partial charge in [0.1, 0.15) is 5.82 Å². The molecule has 25 heavy (non-hydrogen) atoms. The number of amides is 1. The first kappa shape index (κ1) is 17.6. The van der Waals surface area contributed by atoms with E-state index in [2.05, 4.69) is 27.2 Å². The summed E-state index contributed by atoms with van der Waals surface area (Å²) in [6, 6.07) is 8.59. The SMILES string of the molecule is Cc1cc(NC(=O)CN2CCN([C@@H](C)c3cccc(F)c3)CC2)on1. The highest BCUT2D eigenvalue weighted by Gasteiger charge is 2.23. The summed E-state index contributed by atoms with van der Waals surface area (Å²) in [4.78, 5) is 16.5. The van der Waals surface area contributed by atoms with Crippen LogP contribution in [-0.2, 0) is 4.79 Å². The van der Waals surface area contributed by atoms with Crippen molar-refractivity contribution in [2.75, 3.05) is 38.0 Å². The molecular formula is C18H23FN4O2. The highest BCUT2D eigenvalue weighted by Crippen LogP contribution is 2.22. The largest absolute Gasteiger partial charge is 0.338 e. The molecule has 1 N–H and O–H groups in total. The van der Waals surface area contributed by atoms with Crippen LogP contribution in [0.3, 0.4) is 0 Å². The number of nitrogens with zero attached hydrogens (tertiary/aromatic N) is 3. The average Bonchev–Trinajstić information content (AvgIpc) is 2.99. The molecule has 1 aromatic carbocycles. The van der Waals surface area contributed by atoms with Gasteiger partial charge in [0, 0.05) is 38.3 Å². The van der Waals surface area contributed by atoms with Crippen molar-refractivity contribution in [3.05, 3.63) is 47.4 Å². The van der Waals surface area contributed by atoms with Gasteiger partial charge in [-0.15, -0.1) is 0 Å². The average molecular weight is 346 g/mol. The number of anilines is 1. The number of carbonyl (C=O) groups is 1. The van der Waals surface area contributed by atoms with E-state index in [0.717, 1.165) is 37.4 Å². The van der Waals surface area contributed by atoms with Crippen LogP contribution in [0.15, 0.2) is 34.9 Å². The Hall–Kier alpha value is -2.25. The summed E-state index contributed by atoms with van der Waals surface area (Å²) in [5, 5.41) is 6.46. The maximum Gasteiger partial charge on any atom is 0.240 e. The second-order valence-corrected chi connectivity index (χ2v) is 6.42. The molecule has 0 spiro atoms. The van der Waals surface area contributed by atoms with Gasteiger partial charge in [0.25, 0.3) is 0 Å². The molecule has 3 rings (SSSR count). The first-order valence-corrected chi connectivity index (χ1v) is 8.46. The van der Waals surface area contributed by atoms with Gasteiger partial charge < -0.3 is 4.52 Å². The van der Waals surface area contributed by atoms with Crippen molar-refractivity contribution in [2.45, 2.75) is 19.9 Å². The molecule has 1 saturated heterocycles. The van der Waals surface area contributed by atoms with Crippen molar-refractivity contribution >= 4 is 11.8 Å². The van der Waals surface area contributed by atoms with E-state index in [4.69, 9.17) is 4.52 Å². The molecule has 0 aliphatic carbocycles. The highest BCUT2D eigenvalue weighted by atomic mass is 19.1. The summed E-state index contributed by atoms with van der Waals surface area (Å²) >= 11 is 0. The Morgan fingerprint density at radius 2 is 2.08 bits per heavy atom. The van der Waals surface area contributed by atoms with Gasteiger partial charge >= 0.3 is 0 Å². The van der Waals surface area contributed by atoms with Gasteiger partial charge in [-0.3, -0.25) is 19.9 Å². The minimum Gasteiger partial charge on any atom is -0.338 e. The summed E-state index contributed by atoms with van der Waals surface area (Å²) in [5.41, 5.74) is 1.71. The maximum absolute atomic E-state index is 13.4. The van der Waals surface area contributed by atoms with Gasteiger partial charge in [-0.25, -0.2) is 4.39 Å². The van der Waals surface area contributed by atoms with Crippen molar-refractivity contribution in [1.29, 1.82) is 0 Å². The normalized spacial score (nSPS) is 17.4. The molecule has 1 aliphatic rings. The van der Waals surface area contributed by atoms with Crippen LogP contribution < -0.4 is 5.32 Å². The lowest BCUT2D eigenvalue weighted by Gasteiger charge is -2.37. The molecule has 2 aromatic rings. The summed E-state index contributed by atoms with van der Waals surface area (Å²) in [6.07, 6.45) is 0. The number of carbonyl (C=O) groups excluding carboxylic acids is 1. The van der Waals surface area contributed by atoms with Crippen LogP contribution in [0.4, 0.5) is 10.3 Å². The summed E-state index contributed by atoms with van der Waals surface area (Å²) in [6.45, 7) is 7.48. The van der Waals surface area contributed by atoms with Crippen LogP contribution in [0.5, 0.6) is 0 Å². The van der Waals surface area contributed by atoms with E-state index in [1.165, 1.54) is 6.07 Å². The molecule has 0 radical (unpaired) electrons. The van der Waals surface area contributed by atoms with Gasteiger partial charge in [0.05, 0.1) is 12.2 Å². The number of nitrogens with one attached hydrogen (secondary N) is 1. The van der Waals surface area contributed by atoms with E-state index in [0.29, 0.717) is 12.4 Å². The van der Waals surface area contributed by atoms with E-state index in [1.807, 2.05) is 6.07 Å². The lowest BCUT2D eigenvalue weighted by molar-refractivity contribution is -0.117. The second-order valence-electron chi connectivity index (χ2n) is 6.42. The molecule has 0 saturated carbocycles. The maximum atomic E-state index is 13.4. The number of benzene rings is 1. The molecule has 1 atom stereocenters. The van der Waals surface area contributed by atoms with Gasteiger partial charge in [0.2, 0.25) is 11.8 Å². The Morgan fingerprint density at radius 1 is 1.32 bits per heavy atom. The standard InChI is InChI=1S/C18H23FN4O2/c1-13-10-18(25-21-13)20-17(24)12-22-6-8-23(9-7-22)14(2)15-4-3-5-16(19)11-15/h3-5,10-11,14H,6-9,12H2,1-2H3,(H,20,24)/t14-/m0/s1. The zero-order valence-electron chi connectivity index (χ0n) is 14.5. The zero-order chi connectivity index (χ0) is 17.8. The van der Waals surface area contributed by atoms with Crippen molar-refractivity contribution < 1.29 is 13.7 Å². The number of piperazine rings is 1. The first-order chi connectivity index (χ1) is 12.0. The smallest absolute Gasteiger partial charge is 0.240 e. The zero-order valence-corrected chi connectivity index (χ0v) is 14.5. The first-order valence-electron chi connectivity index (χ1n) is 8.46. The van der Waals surface area contributed by atoms with Crippen LogP contribution in [0.2, 0.25) is 0 Å². The molecule has 1 aromatic heterocycles. The number of aromatic nitrogens is 1. The fourth-order valence-corrected chi connectivity index (χ4v) is 3.09. The topological polar surface area (TPSA) is 61.6 Å². The third-order valence-corrected chi connectivity index (χ3v) is 4.54. The Balaban J connectivity index is 1.47. The fraction of sp³-hybridized carbons (Fsp3) is 0.444. The van der Waals surface area contributed by atoms with Gasteiger partial charge in [-0.1, -0.05) is 17.3 Å². The number of rotatable bonds is 5. The van der Waals surface area contributed by atoms with Gasteiger partial charge in [-0.2, -0.15) is 0 Å². The van der Waals surface area contributed by atoms with Gasteiger partial charge in [0.15, 0.2) is 0 Å². The highest BCUT2D eigenvalue weighted by molar-refractivity contribution is 5.90. The Kier molecular flexibility index (Phi) is 5.45. The third kappa shape index (κ3) is 4.64. The van der Waals surface area contributed by atoms with E-state index in [9.17, 15) is 9.18 Å². The van der Waals surface area contributed by atoms with Crippen LogP contribution in [0.1, 0.15) is 24.2 Å². The van der Waals surface area contributed by atoms with Crippen molar-refractivity contribution in [3.8, 4) is 0 Å². The summed E-state index contributed by atoms with van der Waals surface area (Å²) in [5.74, 6) is 0.0611. The van der Waals surface area contributed by atoms with Crippen LogP contribution in [0.25, 0.3) is 0 Å². The minimum absolute atomic E-state index is 0.109. The number of halogens is 1. The molecule has 7 heteroatoms. The van der Waals surface area contributed by atoms with Crippen LogP contribution >= 0.6 is 0 Å². The summed E-state index contributed by atoms with van der Waals surface area (Å²) in [7, 11) is 0. The second kappa shape index (κ2) is 7.76. The predicted octanol–water partition coefficient (Wildman–Crippen LogP) is 2.44. The fourth-order valence-electron chi connectivity index (χ4n) is 3.09. The molecule has 1 fully saturated rings. The Labute approximate surface area is 146 Å². The lowest BCUT2D eigenvalue weighted by atomic mass is 10.1. The lowest BCUT2D eigenvalue weighted by Crippen LogP contribution is -2.49. The molecule has 6 nitrogen and oxygen atoms in total. The Bertz CT molecular complexity index is 725. The van der Waals surface area contributed by atoms with Crippen molar-refractivity contribution in [3.63, 3.8) is 0 Å². The molecule has 1 amide bonds. The van der Waals surface area contributed by atoms with Crippen molar-refractivity contribution in [1.82, 2.24) is 15.0 Å². The van der Waals surface area contributed by atoms with E-state index >= 15 is 0 Å². The minimum atomic E-state index is -0.206. The van der Waals surface area contributed by atoms with Crippen molar-refractivity contribution in [2.24, 2.45) is 0 Å². The van der Waals surface area contributed by atoms with Gasteiger partial charge in [-0.05, 0) is 31.5 Å². The monoisotopic (exact) mass is 346 g/mol. The molecular weight excluding hydrogens is 323 g/mol. The quantitative estimate of drug-likeness (QED) is 0.901. The molecule has 2 heterocycles. The van der Waals surface area contributed by atoms with E-state index < -0.39 is 0 Å².